The third-order valence-corrected chi connectivity index (χ3v) is 3.40. The number of aromatic nitrogens is 4. The zero-order valence-electron chi connectivity index (χ0n) is 11.1. The fourth-order valence-electron chi connectivity index (χ4n) is 2.41. The van der Waals surface area contributed by atoms with Crippen molar-refractivity contribution in [3.63, 3.8) is 0 Å². The monoisotopic (exact) mass is 268 g/mol. The van der Waals surface area contributed by atoms with E-state index in [0.29, 0.717) is 18.7 Å². The summed E-state index contributed by atoms with van der Waals surface area (Å²) in [6, 6.07) is 8.16. The van der Waals surface area contributed by atoms with Gasteiger partial charge < -0.3 is 10.1 Å². The lowest BCUT2D eigenvalue weighted by Gasteiger charge is -2.05. The number of allylic oxidation sites excluding steroid dienone is 1. The van der Waals surface area contributed by atoms with Gasteiger partial charge >= 0.3 is 0 Å². The summed E-state index contributed by atoms with van der Waals surface area (Å²) in [4.78, 5) is 3.26. The molecule has 0 fully saturated rings. The molecule has 0 saturated carbocycles. The number of aliphatic hydroxyl groups excluding tert-OH is 1. The summed E-state index contributed by atoms with van der Waals surface area (Å²) >= 11 is 0. The number of fused-ring (bicyclic) bond motifs is 1. The van der Waals surface area contributed by atoms with Crippen molar-refractivity contribution in [3.05, 3.63) is 60.1 Å². The number of benzene rings is 1. The lowest BCUT2D eigenvalue weighted by atomic mass is 10.1. The molecule has 0 aliphatic carbocycles. The fraction of sp³-hybridized carbons (Fsp3) is 0.200. The van der Waals surface area contributed by atoms with Gasteiger partial charge in [-0.15, -0.1) is 11.7 Å². The van der Waals surface area contributed by atoms with Gasteiger partial charge in [0.25, 0.3) is 0 Å². The van der Waals surface area contributed by atoms with Crippen LogP contribution in [0.15, 0.2) is 43.1 Å². The second kappa shape index (κ2) is 5.30. The number of rotatable bonds is 5. The van der Waals surface area contributed by atoms with Gasteiger partial charge in [0, 0.05) is 23.5 Å². The molecule has 0 unspecified atom stereocenters. The van der Waals surface area contributed by atoms with Crippen LogP contribution in [0.2, 0.25) is 0 Å². The van der Waals surface area contributed by atoms with Crippen molar-refractivity contribution >= 4 is 10.9 Å². The van der Waals surface area contributed by atoms with Crippen LogP contribution in [-0.4, -0.2) is 25.1 Å². The molecule has 0 amide bonds. The highest BCUT2D eigenvalue weighted by atomic mass is 16.3. The first-order valence-corrected chi connectivity index (χ1v) is 6.51. The average molecular weight is 268 g/mol. The minimum Gasteiger partial charge on any atom is -0.390 e. The second-order valence-electron chi connectivity index (χ2n) is 4.65. The number of para-hydroxylation sites is 1. The molecule has 2 N–H and O–H groups in total. The number of aromatic amines is 1. The van der Waals surface area contributed by atoms with Gasteiger partial charge in [-0.05, 0) is 11.6 Å². The molecule has 0 radical (unpaired) electrons. The van der Waals surface area contributed by atoms with E-state index < -0.39 is 0 Å². The summed E-state index contributed by atoms with van der Waals surface area (Å²) < 4.78 is 1.78. The van der Waals surface area contributed by atoms with Crippen LogP contribution in [0, 0.1) is 0 Å². The van der Waals surface area contributed by atoms with Crippen molar-refractivity contribution in [1.82, 2.24) is 20.0 Å². The van der Waals surface area contributed by atoms with E-state index in [4.69, 9.17) is 0 Å². The molecule has 5 heteroatoms. The Labute approximate surface area is 116 Å². The summed E-state index contributed by atoms with van der Waals surface area (Å²) in [7, 11) is 0. The van der Waals surface area contributed by atoms with E-state index in [9.17, 15) is 5.11 Å². The number of nitrogens with one attached hydrogen (secondary N) is 1. The Kier molecular flexibility index (Phi) is 3.35. The Morgan fingerprint density at radius 3 is 3.00 bits per heavy atom. The van der Waals surface area contributed by atoms with Crippen LogP contribution in [-0.2, 0) is 19.6 Å². The van der Waals surface area contributed by atoms with E-state index in [0.717, 1.165) is 11.2 Å². The topological polar surface area (TPSA) is 66.7 Å². The largest absolute Gasteiger partial charge is 0.390 e. The van der Waals surface area contributed by atoms with Crippen LogP contribution in [0.4, 0.5) is 0 Å². The Morgan fingerprint density at radius 2 is 2.20 bits per heavy atom. The maximum atomic E-state index is 9.39. The zero-order chi connectivity index (χ0) is 13.9. The molecule has 0 aliphatic rings. The van der Waals surface area contributed by atoms with E-state index in [1.807, 2.05) is 24.4 Å². The Morgan fingerprint density at radius 1 is 1.35 bits per heavy atom. The molecule has 0 aliphatic heterocycles. The van der Waals surface area contributed by atoms with Crippen LogP contribution in [0.3, 0.4) is 0 Å². The molecule has 1 aromatic carbocycles. The molecule has 0 saturated heterocycles. The molecule has 102 valence electrons. The lowest BCUT2D eigenvalue weighted by Crippen LogP contribution is -2.05. The smallest absolute Gasteiger partial charge is 0.112 e. The molecule has 0 spiro atoms. The van der Waals surface area contributed by atoms with Gasteiger partial charge in [-0.3, -0.25) is 0 Å². The highest BCUT2D eigenvalue weighted by molar-refractivity contribution is 5.83. The molecule has 0 atom stereocenters. The summed E-state index contributed by atoms with van der Waals surface area (Å²) in [5.74, 6) is 0. The Hall–Kier alpha value is -2.40. The third kappa shape index (κ3) is 2.12. The van der Waals surface area contributed by atoms with E-state index in [2.05, 4.69) is 27.9 Å². The molecule has 20 heavy (non-hydrogen) atoms. The van der Waals surface area contributed by atoms with Crippen molar-refractivity contribution in [1.29, 1.82) is 0 Å². The summed E-state index contributed by atoms with van der Waals surface area (Å²) in [6.45, 7) is 4.21. The minimum atomic E-state index is -0.102. The van der Waals surface area contributed by atoms with E-state index >= 15 is 0 Å². The zero-order valence-corrected chi connectivity index (χ0v) is 11.1. The fourth-order valence-corrected chi connectivity index (χ4v) is 2.41. The van der Waals surface area contributed by atoms with Crippen molar-refractivity contribution < 1.29 is 5.11 Å². The molecular weight excluding hydrogens is 252 g/mol. The molecule has 3 rings (SSSR count). The first-order chi connectivity index (χ1) is 9.83. The highest BCUT2D eigenvalue weighted by Crippen LogP contribution is 2.21. The summed E-state index contributed by atoms with van der Waals surface area (Å²) in [5, 5.41) is 18.7. The normalized spacial score (nSPS) is 11.1. The Bertz CT molecular complexity index is 741. The van der Waals surface area contributed by atoms with E-state index in [1.54, 1.807) is 10.8 Å². The molecule has 5 nitrogen and oxygen atoms in total. The lowest BCUT2D eigenvalue weighted by molar-refractivity contribution is 0.275. The number of nitrogens with zero attached hydrogens (tertiary/aromatic N) is 3. The molecule has 2 aromatic heterocycles. The van der Waals surface area contributed by atoms with Crippen LogP contribution >= 0.6 is 0 Å². The van der Waals surface area contributed by atoms with Gasteiger partial charge in [0.1, 0.15) is 5.69 Å². The number of hydrogen-bond donors (Lipinski definition) is 2. The van der Waals surface area contributed by atoms with Crippen molar-refractivity contribution in [2.45, 2.75) is 19.6 Å². The van der Waals surface area contributed by atoms with Crippen LogP contribution in [0.25, 0.3) is 10.9 Å². The van der Waals surface area contributed by atoms with Gasteiger partial charge in [0.05, 0.1) is 18.8 Å². The van der Waals surface area contributed by atoms with Gasteiger partial charge in [-0.2, -0.15) is 0 Å². The number of H-pyrrole nitrogens is 1. The number of aliphatic hydroxyl groups is 1. The second-order valence-corrected chi connectivity index (χ2v) is 4.65. The SMILES string of the molecule is C=CCn1nnc(CO)c1Cc1c[nH]c2ccccc12. The molecule has 0 bridgehead atoms. The van der Waals surface area contributed by atoms with Crippen LogP contribution in [0.5, 0.6) is 0 Å². The maximum absolute atomic E-state index is 9.39. The quantitative estimate of drug-likeness (QED) is 0.696. The van der Waals surface area contributed by atoms with Crippen LogP contribution < -0.4 is 0 Å². The molecular formula is C15H16N4O. The van der Waals surface area contributed by atoms with Gasteiger partial charge in [0.15, 0.2) is 0 Å². The van der Waals surface area contributed by atoms with Gasteiger partial charge in [-0.25, -0.2) is 4.68 Å². The predicted octanol–water partition coefficient (Wildman–Crippen LogP) is 2.03. The van der Waals surface area contributed by atoms with Crippen LogP contribution in [0.1, 0.15) is 17.0 Å². The standard InChI is InChI=1S/C15H16N4O/c1-2-7-19-15(14(10-20)17-18-19)8-11-9-16-13-6-4-3-5-12(11)13/h2-6,9,16,20H,1,7-8,10H2. The molecule has 3 aromatic rings. The van der Waals surface area contributed by atoms with Crippen molar-refractivity contribution in [3.8, 4) is 0 Å². The van der Waals surface area contributed by atoms with E-state index in [1.165, 1.54) is 10.9 Å². The van der Waals surface area contributed by atoms with Gasteiger partial charge in [0.2, 0.25) is 0 Å². The highest BCUT2D eigenvalue weighted by Gasteiger charge is 2.14. The van der Waals surface area contributed by atoms with Crippen molar-refractivity contribution in [2.24, 2.45) is 0 Å². The summed E-state index contributed by atoms with van der Waals surface area (Å²) in [5.41, 5.74) is 3.83. The minimum absolute atomic E-state index is 0.102. The predicted molar refractivity (Wildman–Crippen MR) is 77.2 cm³/mol. The first-order valence-electron chi connectivity index (χ1n) is 6.51. The van der Waals surface area contributed by atoms with E-state index in [-0.39, 0.29) is 6.61 Å². The Balaban J connectivity index is 2.02. The number of hydrogen-bond acceptors (Lipinski definition) is 3. The maximum Gasteiger partial charge on any atom is 0.112 e. The third-order valence-electron chi connectivity index (χ3n) is 3.40. The molecule has 2 heterocycles. The van der Waals surface area contributed by atoms with Crippen molar-refractivity contribution in [2.75, 3.05) is 0 Å². The average Bonchev–Trinajstić information content (AvgIpc) is 3.05. The first kappa shape index (κ1) is 12.6. The van der Waals surface area contributed by atoms with Gasteiger partial charge in [-0.1, -0.05) is 29.5 Å². The summed E-state index contributed by atoms with van der Waals surface area (Å²) in [6.07, 6.45) is 4.45.